The summed E-state index contributed by atoms with van der Waals surface area (Å²) in [6.07, 6.45) is 0. The van der Waals surface area contributed by atoms with Crippen LogP contribution in [0, 0.1) is 10.1 Å². The first kappa shape index (κ1) is 13.2. The highest BCUT2D eigenvalue weighted by Crippen LogP contribution is 2.18. The van der Waals surface area contributed by atoms with Crippen LogP contribution < -0.4 is 5.73 Å². The van der Waals surface area contributed by atoms with Gasteiger partial charge in [-0.25, -0.2) is 0 Å². The second kappa shape index (κ2) is 5.62. The minimum Gasteiger partial charge on any atom is -0.399 e. The van der Waals surface area contributed by atoms with Crippen molar-refractivity contribution >= 4 is 22.2 Å². The second-order valence-electron chi connectivity index (χ2n) is 3.99. The first-order chi connectivity index (χ1) is 9.06. The van der Waals surface area contributed by atoms with Crippen LogP contribution in [0.3, 0.4) is 0 Å². The molecular formula is C13H12N2O3S. The zero-order valence-corrected chi connectivity index (χ0v) is 10.8. The quantitative estimate of drug-likeness (QED) is 0.528. The second-order valence-corrected chi connectivity index (χ2v) is 5.44. The van der Waals surface area contributed by atoms with E-state index in [1.165, 1.54) is 12.1 Å². The Balaban J connectivity index is 2.19. The molecule has 98 valence electrons. The fourth-order valence-corrected chi connectivity index (χ4v) is 2.80. The van der Waals surface area contributed by atoms with E-state index in [0.29, 0.717) is 16.1 Å². The van der Waals surface area contributed by atoms with Crippen molar-refractivity contribution in [2.24, 2.45) is 0 Å². The minimum absolute atomic E-state index is 0.00192. The molecule has 0 saturated heterocycles. The largest absolute Gasteiger partial charge is 0.399 e. The summed E-state index contributed by atoms with van der Waals surface area (Å²) in [7, 11) is -1.27. The molecule has 0 saturated carbocycles. The molecule has 0 aliphatic heterocycles. The molecule has 1 unspecified atom stereocenters. The molecule has 2 rings (SSSR count). The normalized spacial score (nSPS) is 12.0. The van der Waals surface area contributed by atoms with Gasteiger partial charge in [0.25, 0.3) is 5.69 Å². The molecule has 0 heterocycles. The Morgan fingerprint density at radius 3 is 2.58 bits per heavy atom. The predicted molar refractivity (Wildman–Crippen MR) is 74.1 cm³/mol. The van der Waals surface area contributed by atoms with Crippen molar-refractivity contribution in [1.82, 2.24) is 0 Å². The van der Waals surface area contributed by atoms with E-state index in [1.807, 2.05) is 0 Å². The lowest BCUT2D eigenvalue weighted by Crippen LogP contribution is -1.98. The average Bonchev–Trinajstić information content (AvgIpc) is 2.39. The fourth-order valence-electron chi connectivity index (χ4n) is 1.65. The van der Waals surface area contributed by atoms with E-state index in [9.17, 15) is 14.3 Å². The van der Waals surface area contributed by atoms with Crippen molar-refractivity contribution in [2.45, 2.75) is 10.6 Å². The Morgan fingerprint density at radius 2 is 1.89 bits per heavy atom. The summed E-state index contributed by atoms with van der Waals surface area (Å²) < 4.78 is 12.1. The Morgan fingerprint density at radius 1 is 1.16 bits per heavy atom. The summed E-state index contributed by atoms with van der Waals surface area (Å²) in [5.41, 5.74) is 6.84. The molecule has 0 bridgehead atoms. The highest BCUT2D eigenvalue weighted by atomic mass is 32.2. The predicted octanol–water partition coefficient (Wildman–Crippen LogP) is 2.48. The topological polar surface area (TPSA) is 86.2 Å². The number of hydrogen-bond acceptors (Lipinski definition) is 4. The number of nitro benzene ring substituents is 1. The molecule has 0 spiro atoms. The Hall–Kier alpha value is -2.21. The third kappa shape index (κ3) is 3.38. The molecule has 0 amide bonds. The van der Waals surface area contributed by atoms with Crippen LogP contribution in [0.25, 0.3) is 0 Å². The molecule has 5 nitrogen and oxygen atoms in total. The summed E-state index contributed by atoms with van der Waals surface area (Å²) in [6.45, 7) is 0. The summed E-state index contributed by atoms with van der Waals surface area (Å²) in [5, 5.41) is 10.7. The van der Waals surface area contributed by atoms with Crippen molar-refractivity contribution in [3.63, 3.8) is 0 Å². The van der Waals surface area contributed by atoms with Crippen LogP contribution in [-0.2, 0) is 16.6 Å². The number of nitrogens with zero attached hydrogens (tertiary/aromatic N) is 1. The van der Waals surface area contributed by atoms with Gasteiger partial charge in [-0.05, 0) is 23.8 Å². The van der Waals surface area contributed by atoms with E-state index in [0.717, 1.165) is 0 Å². The van der Waals surface area contributed by atoms with Crippen molar-refractivity contribution in [3.05, 3.63) is 64.2 Å². The lowest BCUT2D eigenvalue weighted by Gasteiger charge is -2.03. The highest BCUT2D eigenvalue weighted by Gasteiger charge is 2.09. The minimum atomic E-state index is -1.27. The number of non-ortho nitro benzene ring substituents is 1. The first-order valence-corrected chi connectivity index (χ1v) is 6.85. The number of nitrogen functional groups attached to an aromatic ring is 1. The van der Waals surface area contributed by atoms with Gasteiger partial charge in [0.15, 0.2) is 0 Å². The van der Waals surface area contributed by atoms with Gasteiger partial charge < -0.3 is 5.73 Å². The van der Waals surface area contributed by atoms with Gasteiger partial charge in [-0.3, -0.25) is 14.3 Å². The zero-order valence-electron chi connectivity index (χ0n) is 9.98. The maximum absolute atomic E-state index is 12.1. The maximum Gasteiger partial charge on any atom is 0.269 e. The van der Waals surface area contributed by atoms with Crippen LogP contribution in [0.4, 0.5) is 11.4 Å². The molecule has 2 aromatic carbocycles. The van der Waals surface area contributed by atoms with Crippen LogP contribution >= 0.6 is 0 Å². The van der Waals surface area contributed by atoms with Crippen LogP contribution in [0.2, 0.25) is 0 Å². The molecule has 0 aliphatic carbocycles. The van der Waals surface area contributed by atoms with Crippen LogP contribution in [0.15, 0.2) is 53.4 Å². The molecule has 1 atom stereocenters. The van der Waals surface area contributed by atoms with Gasteiger partial charge in [0.2, 0.25) is 0 Å². The molecule has 2 aromatic rings. The molecule has 0 fully saturated rings. The monoisotopic (exact) mass is 276 g/mol. The number of benzene rings is 2. The number of anilines is 1. The number of nitrogens with two attached hydrogens (primary N) is 1. The third-order valence-electron chi connectivity index (χ3n) is 2.54. The van der Waals surface area contributed by atoms with Crippen LogP contribution in [0.1, 0.15) is 5.56 Å². The number of rotatable bonds is 4. The lowest BCUT2D eigenvalue weighted by atomic mass is 10.2. The summed E-state index contributed by atoms with van der Waals surface area (Å²) in [6, 6.07) is 13.0. The van der Waals surface area contributed by atoms with E-state index >= 15 is 0 Å². The van der Waals surface area contributed by atoms with Crippen LogP contribution in [0.5, 0.6) is 0 Å². The Kier molecular flexibility index (Phi) is 3.91. The number of hydrogen-bond donors (Lipinski definition) is 1. The van der Waals surface area contributed by atoms with E-state index < -0.39 is 15.7 Å². The van der Waals surface area contributed by atoms with E-state index in [4.69, 9.17) is 5.73 Å². The molecule has 6 heteroatoms. The fraction of sp³-hybridized carbons (Fsp3) is 0.0769. The smallest absolute Gasteiger partial charge is 0.269 e. The Labute approximate surface area is 112 Å². The summed E-state index contributed by atoms with van der Waals surface area (Å²) >= 11 is 0. The molecule has 2 N–H and O–H groups in total. The lowest BCUT2D eigenvalue weighted by molar-refractivity contribution is -0.384. The molecule has 19 heavy (non-hydrogen) atoms. The van der Waals surface area contributed by atoms with Gasteiger partial charge in [0.05, 0.1) is 21.5 Å². The third-order valence-corrected chi connectivity index (χ3v) is 3.92. The van der Waals surface area contributed by atoms with Gasteiger partial charge in [-0.1, -0.05) is 18.2 Å². The van der Waals surface area contributed by atoms with Crippen molar-refractivity contribution in [3.8, 4) is 0 Å². The van der Waals surface area contributed by atoms with Gasteiger partial charge >= 0.3 is 0 Å². The first-order valence-electron chi connectivity index (χ1n) is 5.53. The zero-order chi connectivity index (χ0) is 13.8. The van der Waals surface area contributed by atoms with Crippen molar-refractivity contribution in [1.29, 1.82) is 0 Å². The molecular weight excluding hydrogens is 264 g/mol. The van der Waals surface area contributed by atoms with E-state index in [2.05, 4.69) is 0 Å². The molecule has 0 radical (unpaired) electrons. The standard InChI is InChI=1S/C13H12N2O3S/c14-11-4-2-6-13(8-11)19(18)9-10-3-1-5-12(7-10)15(16)17/h1-8H,9,14H2. The average molecular weight is 276 g/mol. The SMILES string of the molecule is Nc1cccc(S(=O)Cc2cccc([N+](=O)[O-])c2)c1. The van der Waals surface area contributed by atoms with Gasteiger partial charge in [-0.2, -0.15) is 0 Å². The molecule has 0 aliphatic rings. The van der Waals surface area contributed by atoms with Gasteiger partial charge in [0.1, 0.15) is 0 Å². The van der Waals surface area contributed by atoms with Crippen molar-refractivity contribution < 1.29 is 9.13 Å². The summed E-state index contributed by atoms with van der Waals surface area (Å²) in [4.78, 5) is 10.8. The van der Waals surface area contributed by atoms with E-state index in [-0.39, 0.29) is 11.4 Å². The Bertz CT molecular complexity index is 643. The van der Waals surface area contributed by atoms with Gasteiger partial charge in [0, 0.05) is 22.7 Å². The van der Waals surface area contributed by atoms with Gasteiger partial charge in [-0.15, -0.1) is 0 Å². The summed E-state index contributed by atoms with van der Waals surface area (Å²) in [5.74, 6) is 0.227. The highest BCUT2D eigenvalue weighted by molar-refractivity contribution is 7.84. The van der Waals surface area contributed by atoms with Crippen LogP contribution in [-0.4, -0.2) is 9.13 Å². The maximum atomic E-state index is 12.1. The van der Waals surface area contributed by atoms with Crippen molar-refractivity contribution in [2.75, 3.05) is 5.73 Å². The van der Waals surface area contributed by atoms with E-state index in [1.54, 1.807) is 36.4 Å². The number of nitro groups is 1. The molecule has 0 aromatic heterocycles.